The van der Waals surface area contributed by atoms with E-state index in [0.29, 0.717) is 22.2 Å². The van der Waals surface area contributed by atoms with Crippen LogP contribution in [0.25, 0.3) is 11.0 Å². The van der Waals surface area contributed by atoms with Crippen LogP contribution >= 0.6 is 11.7 Å². The smallest absolute Gasteiger partial charge is 0.254 e. The van der Waals surface area contributed by atoms with Gasteiger partial charge in [0.15, 0.2) is 0 Å². The van der Waals surface area contributed by atoms with Gasteiger partial charge in [0.1, 0.15) is 15.9 Å². The summed E-state index contributed by atoms with van der Waals surface area (Å²) in [5, 5.41) is 0. The van der Waals surface area contributed by atoms with Gasteiger partial charge in [0.25, 0.3) is 5.91 Å². The number of hydrogen-bond acceptors (Lipinski definition) is 6. The Kier molecular flexibility index (Phi) is 5.62. The number of benzene rings is 2. The Bertz CT molecular complexity index is 1150. The Labute approximate surface area is 174 Å². The summed E-state index contributed by atoms with van der Waals surface area (Å²) in [4.78, 5) is 15.0. The van der Waals surface area contributed by atoms with Crippen LogP contribution in [0.1, 0.15) is 40.7 Å². The van der Waals surface area contributed by atoms with Crippen molar-refractivity contribution >= 4 is 38.7 Å². The first kappa shape index (κ1) is 19.9. The molecule has 7 nitrogen and oxygen atoms in total. The molecule has 1 aliphatic heterocycles. The first-order valence-corrected chi connectivity index (χ1v) is 11.8. The van der Waals surface area contributed by atoms with Crippen LogP contribution in [0.3, 0.4) is 0 Å². The molecule has 0 radical (unpaired) electrons. The topological polar surface area (TPSA) is 92.3 Å². The number of amides is 1. The zero-order chi connectivity index (χ0) is 20.4. The predicted molar refractivity (Wildman–Crippen MR) is 112 cm³/mol. The van der Waals surface area contributed by atoms with E-state index in [2.05, 4.69) is 13.5 Å². The van der Waals surface area contributed by atoms with Gasteiger partial charge in [-0.15, -0.1) is 0 Å². The molecule has 3 aromatic rings. The number of carbonyl (C=O) groups is 1. The number of nitrogens with zero attached hydrogens (tertiary/aromatic N) is 3. The number of nitrogens with one attached hydrogen (secondary N) is 1. The van der Waals surface area contributed by atoms with Crippen molar-refractivity contribution in [2.75, 3.05) is 13.1 Å². The predicted octanol–water partition coefficient (Wildman–Crippen LogP) is 3.10. The molecule has 4 rings (SSSR count). The average molecular weight is 431 g/mol. The number of rotatable bonds is 5. The summed E-state index contributed by atoms with van der Waals surface area (Å²) in [6, 6.07) is 10.4. The van der Waals surface area contributed by atoms with E-state index >= 15 is 0 Å². The third-order valence-electron chi connectivity index (χ3n) is 5.13. The molecule has 9 heteroatoms. The molecule has 29 heavy (non-hydrogen) atoms. The van der Waals surface area contributed by atoms with Crippen molar-refractivity contribution in [1.82, 2.24) is 18.4 Å². The summed E-state index contributed by atoms with van der Waals surface area (Å²) in [6.07, 6.45) is 3.15. The normalized spacial score (nSPS) is 15.0. The molecular weight excluding hydrogens is 408 g/mol. The molecule has 0 atom stereocenters. The van der Waals surface area contributed by atoms with Gasteiger partial charge >= 0.3 is 0 Å². The molecule has 0 saturated carbocycles. The number of aromatic nitrogens is 2. The minimum absolute atomic E-state index is 0.0346. The number of piperidine rings is 1. The molecule has 2 heterocycles. The quantitative estimate of drug-likeness (QED) is 0.671. The molecule has 0 bridgehead atoms. The van der Waals surface area contributed by atoms with Gasteiger partial charge in [-0.3, -0.25) is 4.79 Å². The lowest BCUT2D eigenvalue weighted by atomic mass is 10.0. The second-order valence-electron chi connectivity index (χ2n) is 7.23. The van der Waals surface area contributed by atoms with E-state index in [4.69, 9.17) is 0 Å². The fourth-order valence-electron chi connectivity index (χ4n) is 3.59. The summed E-state index contributed by atoms with van der Waals surface area (Å²) >= 11 is 0.979. The Morgan fingerprint density at radius 2 is 1.93 bits per heavy atom. The lowest BCUT2D eigenvalue weighted by Gasteiger charge is -2.27. The number of carbonyl (C=O) groups excluding carboxylic acids is 1. The largest absolute Gasteiger partial charge is 0.339 e. The van der Waals surface area contributed by atoms with Crippen LogP contribution in [-0.4, -0.2) is 41.1 Å². The van der Waals surface area contributed by atoms with Gasteiger partial charge in [-0.05, 0) is 49.9 Å². The number of aryl methyl sites for hydroxylation is 1. The second-order valence-corrected chi connectivity index (χ2v) is 9.49. The fraction of sp³-hybridized carbons (Fsp3) is 0.350. The van der Waals surface area contributed by atoms with Gasteiger partial charge in [-0.25, -0.2) is 13.1 Å². The number of sulfonamides is 1. The minimum Gasteiger partial charge on any atom is -0.339 e. The van der Waals surface area contributed by atoms with E-state index < -0.39 is 10.0 Å². The van der Waals surface area contributed by atoms with Crippen LogP contribution in [0, 0.1) is 6.92 Å². The van der Waals surface area contributed by atoms with Gasteiger partial charge in [-0.2, -0.15) is 8.75 Å². The maximum atomic E-state index is 13.0. The molecule has 1 fully saturated rings. The maximum absolute atomic E-state index is 13.0. The van der Waals surface area contributed by atoms with E-state index in [1.807, 2.05) is 24.0 Å². The summed E-state index contributed by atoms with van der Waals surface area (Å²) in [5.74, 6) is -0.0373. The highest BCUT2D eigenvalue weighted by molar-refractivity contribution is 7.89. The summed E-state index contributed by atoms with van der Waals surface area (Å²) < 4.78 is 36.7. The molecule has 1 aliphatic rings. The Morgan fingerprint density at radius 1 is 1.14 bits per heavy atom. The van der Waals surface area contributed by atoms with Gasteiger partial charge in [-0.1, -0.05) is 23.8 Å². The highest BCUT2D eigenvalue weighted by atomic mass is 32.2. The van der Waals surface area contributed by atoms with Crippen molar-refractivity contribution in [3.63, 3.8) is 0 Å². The first-order valence-electron chi connectivity index (χ1n) is 9.55. The lowest BCUT2D eigenvalue weighted by molar-refractivity contribution is 0.0723. The van der Waals surface area contributed by atoms with Crippen molar-refractivity contribution < 1.29 is 13.2 Å². The Hall–Kier alpha value is -2.36. The van der Waals surface area contributed by atoms with Gasteiger partial charge < -0.3 is 4.90 Å². The zero-order valence-corrected chi connectivity index (χ0v) is 17.7. The minimum atomic E-state index is -3.81. The summed E-state index contributed by atoms with van der Waals surface area (Å²) in [6.45, 7) is 3.45. The average Bonchev–Trinajstić information content (AvgIpc) is 3.21. The molecule has 0 unspecified atom stereocenters. The zero-order valence-electron chi connectivity index (χ0n) is 16.1. The van der Waals surface area contributed by atoms with Crippen LogP contribution in [0.15, 0.2) is 41.3 Å². The van der Waals surface area contributed by atoms with Crippen molar-refractivity contribution in [2.24, 2.45) is 0 Å². The highest BCUT2D eigenvalue weighted by Crippen LogP contribution is 2.22. The molecule has 0 spiro atoms. The Morgan fingerprint density at radius 3 is 2.72 bits per heavy atom. The lowest BCUT2D eigenvalue weighted by Crippen LogP contribution is -2.36. The second kappa shape index (κ2) is 8.17. The molecule has 1 N–H and O–H groups in total. The van der Waals surface area contributed by atoms with E-state index in [1.54, 1.807) is 18.2 Å². The summed E-state index contributed by atoms with van der Waals surface area (Å²) in [5.41, 5.74) is 3.11. The van der Waals surface area contributed by atoms with Crippen LogP contribution in [0.4, 0.5) is 0 Å². The van der Waals surface area contributed by atoms with Crippen molar-refractivity contribution in [3.05, 3.63) is 53.1 Å². The van der Waals surface area contributed by atoms with Crippen LogP contribution in [0.5, 0.6) is 0 Å². The number of hydrogen-bond donors (Lipinski definition) is 1. The third kappa shape index (κ3) is 4.17. The van der Waals surface area contributed by atoms with E-state index in [0.717, 1.165) is 49.6 Å². The summed E-state index contributed by atoms with van der Waals surface area (Å²) in [7, 11) is -3.81. The Balaban J connectivity index is 1.60. The third-order valence-corrected chi connectivity index (χ3v) is 7.10. The van der Waals surface area contributed by atoms with Crippen LogP contribution < -0.4 is 4.72 Å². The number of likely N-dealkylation sites (tertiary alicyclic amines) is 1. The molecule has 2 aromatic carbocycles. The van der Waals surface area contributed by atoms with E-state index in [1.165, 1.54) is 6.07 Å². The van der Waals surface area contributed by atoms with Crippen molar-refractivity contribution in [2.45, 2.75) is 37.6 Å². The molecule has 1 amide bonds. The maximum Gasteiger partial charge on any atom is 0.254 e. The molecular formula is C20H22N4O3S2. The van der Waals surface area contributed by atoms with Crippen LogP contribution in [-0.2, 0) is 16.6 Å². The molecule has 0 aliphatic carbocycles. The monoisotopic (exact) mass is 430 g/mol. The van der Waals surface area contributed by atoms with E-state index in [9.17, 15) is 13.2 Å². The van der Waals surface area contributed by atoms with Gasteiger partial charge in [0.2, 0.25) is 10.0 Å². The van der Waals surface area contributed by atoms with Crippen molar-refractivity contribution in [3.8, 4) is 0 Å². The van der Waals surface area contributed by atoms with E-state index in [-0.39, 0.29) is 17.3 Å². The molecule has 1 saturated heterocycles. The van der Waals surface area contributed by atoms with Crippen LogP contribution in [0.2, 0.25) is 0 Å². The SMILES string of the molecule is Cc1ccc(C(=O)N2CCCCC2)c(CNS(=O)(=O)c2cccc3nsnc23)c1. The van der Waals surface area contributed by atoms with Gasteiger partial charge in [0, 0.05) is 25.2 Å². The van der Waals surface area contributed by atoms with Crippen molar-refractivity contribution in [1.29, 1.82) is 0 Å². The standard InChI is InChI=1S/C20H22N4O3S2/c1-14-8-9-16(20(25)24-10-3-2-4-11-24)15(12-14)13-21-29(26,27)18-7-5-6-17-19(18)23-28-22-17/h5-9,12,21H,2-4,10-11,13H2,1H3. The molecule has 1 aromatic heterocycles. The first-order chi connectivity index (χ1) is 14.0. The molecule has 152 valence electrons. The van der Waals surface area contributed by atoms with Gasteiger partial charge in [0.05, 0.1) is 11.7 Å². The highest BCUT2D eigenvalue weighted by Gasteiger charge is 2.23. The fourth-order valence-corrected chi connectivity index (χ4v) is 5.36. The number of fused-ring (bicyclic) bond motifs is 1.